The van der Waals surface area contributed by atoms with E-state index in [2.05, 4.69) is 10.6 Å². The van der Waals surface area contributed by atoms with E-state index in [4.69, 9.17) is 0 Å². The van der Waals surface area contributed by atoms with Gasteiger partial charge in [0.2, 0.25) is 5.91 Å². The van der Waals surface area contributed by atoms with Crippen molar-refractivity contribution in [3.8, 4) is 0 Å². The zero-order chi connectivity index (χ0) is 13.5. The lowest BCUT2D eigenvalue weighted by Gasteiger charge is -2.07. The predicted molar refractivity (Wildman–Crippen MR) is 69.6 cm³/mol. The normalized spacial score (nSPS) is 9.89. The van der Waals surface area contributed by atoms with E-state index in [1.165, 1.54) is 6.07 Å². The summed E-state index contributed by atoms with van der Waals surface area (Å²) in [6.07, 6.45) is 0.343. The number of anilines is 1. The van der Waals surface area contributed by atoms with Crippen molar-refractivity contribution < 1.29 is 9.72 Å². The van der Waals surface area contributed by atoms with Gasteiger partial charge in [0.15, 0.2) is 0 Å². The van der Waals surface area contributed by atoms with Gasteiger partial charge in [0.1, 0.15) is 0 Å². The third kappa shape index (κ3) is 4.04. The Bertz CT molecular complexity index is 446. The van der Waals surface area contributed by atoms with E-state index in [1.807, 2.05) is 6.92 Å². The van der Waals surface area contributed by atoms with Crippen molar-refractivity contribution in [2.24, 2.45) is 0 Å². The van der Waals surface area contributed by atoms with Crippen LogP contribution >= 0.6 is 0 Å². The third-order valence-electron chi connectivity index (χ3n) is 2.46. The van der Waals surface area contributed by atoms with Crippen LogP contribution in [0.15, 0.2) is 18.2 Å². The molecule has 0 fully saturated rings. The number of carbonyl (C=O) groups excluding carboxylic acids is 1. The first kappa shape index (κ1) is 14.0. The number of carbonyl (C=O) groups is 1. The number of nitrogens with zero attached hydrogens (tertiary/aromatic N) is 1. The molecular weight excluding hydrogens is 234 g/mol. The van der Waals surface area contributed by atoms with Gasteiger partial charge in [0.05, 0.1) is 4.92 Å². The zero-order valence-corrected chi connectivity index (χ0v) is 10.5. The number of aryl methyl sites for hydroxylation is 1. The molecule has 0 aromatic heterocycles. The number of amides is 1. The molecule has 0 aliphatic heterocycles. The lowest BCUT2D eigenvalue weighted by atomic mass is 10.2. The minimum atomic E-state index is -0.412. The predicted octanol–water partition coefficient (Wildman–Crippen LogP) is 1.84. The molecule has 1 aromatic rings. The molecule has 18 heavy (non-hydrogen) atoms. The van der Waals surface area contributed by atoms with Gasteiger partial charge in [-0.1, -0.05) is 6.07 Å². The van der Waals surface area contributed by atoms with Crippen molar-refractivity contribution in [2.45, 2.75) is 20.3 Å². The van der Waals surface area contributed by atoms with Gasteiger partial charge in [-0.2, -0.15) is 0 Å². The van der Waals surface area contributed by atoms with Gasteiger partial charge < -0.3 is 10.6 Å². The van der Waals surface area contributed by atoms with Gasteiger partial charge in [-0.15, -0.1) is 0 Å². The fourth-order valence-corrected chi connectivity index (χ4v) is 1.52. The van der Waals surface area contributed by atoms with Crippen LogP contribution in [0.25, 0.3) is 0 Å². The van der Waals surface area contributed by atoms with Crippen molar-refractivity contribution in [2.75, 3.05) is 18.4 Å². The molecular formula is C12H17N3O3. The average molecular weight is 251 g/mol. The maximum atomic E-state index is 11.2. The molecule has 2 N–H and O–H groups in total. The summed E-state index contributed by atoms with van der Waals surface area (Å²) in [7, 11) is 0. The largest absolute Gasteiger partial charge is 0.384 e. The van der Waals surface area contributed by atoms with E-state index in [-0.39, 0.29) is 11.6 Å². The molecule has 0 saturated carbocycles. The summed E-state index contributed by atoms with van der Waals surface area (Å²) in [5.41, 5.74) is 1.35. The molecule has 0 aliphatic carbocycles. The maximum Gasteiger partial charge on any atom is 0.274 e. The molecule has 6 nitrogen and oxygen atoms in total. The van der Waals surface area contributed by atoms with Crippen LogP contribution in [0, 0.1) is 17.0 Å². The highest BCUT2D eigenvalue weighted by molar-refractivity contribution is 5.76. The van der Waals surface area contributed by atoms with Crippen molar-refractivity contribution in [1.82, 2.24) is 5.32 Å². The molecule has 0 heterocycles. The van der Waals surface area contributed by atoms with E-state index in [0.29, 0.717) is 30.8 Å². The first-order valence-electron chi connectivity index (χ1n) is 5.80. The SMILES string of the molecule is CCNC(=O)CCNc1ccc(C)c([N+](=O)[O-])c1. The van der Waals surface area contributed by atoms with Crippen molar-refractivity contribution in [1.29, 1.82) is 0 Å². The van der Waals surface area contributed by atoms with Crippen LogP contribution in [0.2, 0.25) is 0 Å². The number of hydrogen-bond donors (Lipinski definition) is 2. The topological polar surface area (TPSA) is 84.3 Å². The lowest BCUT2D eigenvalue weighted by Crippen LogP contribution is -2.24. The van der Waals surface area contributed by atoms with E-state index >= 15 is 0 Å². The molecule has 0 spiro atoms. The summed E-state index contributed by atoms with van der Waals surface area (Å²) < 4.78 is 0. The van der Waals surface area contributed by atoms with Gasteiger partial charge in [-0.3, -0.25) is 14.9 Å². The fourth-order valence-electron chi connectivity index (χ4n) is 1.52. The van der Waals surface area contributed by atoms with Gasteiger partial charge in [0, 0.05) is 36.8 Å². The molecule has 0 unspecified atom stereocenters. The molecule has 0 aliphatic rings. The molecule has 0 bridgehead atoms. The Labute approximate surface area is 106 Å². The minimum absolute atomic E-state index is 0.0355. The van der Waals surface area contributed by atoms with E-state index in [0.717, 1.165) is 0 Å². The first-order valence-corrected chi connectivity index (χ1v) is 5.80. The van der Waals surface area contributed by atoms with Crippen LogP contribution in [0.3, 0.4) is 0 Å². The Morgan fingerprint density at radius 1 is 1.44 bits per heavy atom. The second-order valence-corrected chi connectivity index (χ2v) is 3.89. The van der Waals surface area contributed by atoms with E-state index in [1.54, 1.807) is 19.1 Å². The number of nitro groups is 1. The quantitative estimate of drug-likeness (QED) is 0.597. The van der Waals surface area contributed by atoms with E-state index in [9.17, 15) is 14.9 Å². The minimum Gasteiger partial charge on any atom is -0.384 e. The monoisotopic (exact) mass is 251 g/mol. The van der Waals surface area contributed by atoms with E-state index < -0.39 is 4.92 Å². The molecule has 1 amide bonds. The van der Waals surface area contributed by atoms with Crippen LogP contribution in [0.1, 0.15) is 18.9 Å². The smallest absolute Gasteiger partial charge is 0.274 e. The Morgan fingerprint density at radius 3 is 2.78 bits per heavy atom. The molecule has 0 atom stereocenters. The second-order valence-electron chi connectivity index (χ2n) is 3.89. The highest BCUT2D eigenvalue weighted by atomic mass is 16.6. The Hall–Kier alpha value is -2.11. The van der Waals surface area contributed by atoms with Crippen LogP contribution in [0.5, 0.6) is 0 Å². The Morgan fingerprint density at radius 2 is 2.17 bits per heavy atom. The first-order chi connectivity index (χ1) is 8.54. The lowest BCUT2D eigenvalue weighted by molar-refractivity contribution is -0.385. The summed E-state index contributed by atoms with van der Waals surface area (Å²) in [5.74, 6) is -0.0355. The van der Waals surface area contributed by atoms with Crippen molar-refractivity contribution in [3.63, 3.8) is 0 Å². The number of rotatable bonds is 6. The maximum absolute atomic E-state index is 11.2. The summed E-state index contributed by atoms with van der Waals surface area (Å²) in [6, 6.07) is 4.93. The molecule has 1 rings (SSSR count). The summed E-state index contributed by atoms with van der Waals surface area (Å²) in [5, 5.41) is 16.4. The highest BCUT2D eigenvalue weighted by Gasteiger charge is 2.10. The third-order valence-corrected chi connectivity index (χ3v) is 2.46. The van der Waals surface area contributed by atoms with Crippen LogP contribution < -0.4 is 10.6 Å². The van der Waals surface area contributed by atoms with Gasteiger partial charge in [0.25, 0.3) is 5.69 Å². The molecule has 98 valence electrons. The molecule has 1 aromatic carbocycles. The summed E-state index contributed by atoms with van der Waals surface area (Å²) >= 11 is 0. The zero-order valence-electron chi connectivity index (χ0n) is 10.5. The number of benzene rings is 1. The number of nitrogens with one attached hydrogen (secondary N) is 2. The molecule has 0 saturated heterocycles. The van der Waals surface area contributed by atoms with Gasteiger partial charge in [-0.05, 0) is 19.9 Å². The van der Waals surface area contributed by atoms with Crippen LogP contribution in [0.4, 0.5) is 11.4 Å². The fraction of sp³-hybridized carbons (Fsp3) is 0.417. The Kier molecular flexibility index (Phi) is 5.10. The standard InChI is InChI=1S/C12H17N3O3/c1-3-13-12(16)6-7-14-10-5-4-9(2)11(8-10)15(17)18/h4-5,8,14H,3,6-7H2,1-2H3,(H,13,16). The van der Waals surface area contributed by atoms with Crippen LogP contribution in [-0.2, 0) is 4.79 Å². The average Bonchev–Trinajstić information content (AvgIpc) is 2.31. The Balaban J connectivity index is 2.55. The van der Waals surface area contributed by atoms with Crippen LogP contribution in [-0.4, -0.2) is 23.9 Å². The molecule has 6 heteroatoms. The summed E-state index contributed by atoms with van der Waals surface area (Å²) in [4.78, 5) is 21.5. The molecule has 0 radical (unpaired) electrons. The van der Waals surface area contributed by atoms with Crippen molar-refractivity contribution >= 4 is 17.3 Å². The highest BCUT2D eigenvalue weighted by Crippen LogP contribution is 2.22. The van der Waals surface area contributed by atoms with Gasteiger partial charge in [-0.25, -0.2) is 0 Å². The number of hydrogen-bond acceptors (Lipinski definition) is 4. The van der Waals surface area contributed by atoms with Gasteiger partial charge >= 0.3 is 0 Å². The van der Waals surface area contributed by atoms with Crippen molar-refractivity contribution in [3.05, 3.63) is 33.9 Å². The summed E-state index contributed by atoms with van der Waals surface area (Å²) in [6.45, 7) is 4.60. The number of nitro benzene ring substituents is 1. The second kappa shape index (κ2) is 6.58.